The van der Waals surface area contributed by atoms with Crippen LogP contribution in [0.4, 0.5) is 5.82 Å². The van der Waals surface area contributed by atoms with Crippen LogP contribution in [0.5, 0.6) is 0 Å². The van der Waals surface area contributed by atoms with Gasteiger partial charge in [0, 0.05) is 11.6 Å². The highest BCUT2D eigenvalue weighted by Crippen LogP contribution is 2.33. The summed E-state index contributed by atoms with van der Waals surface area (Å²) in [5.41, 5.74) is 8.00. The Kier molecular flexibility index (Phi) is 2.42. The quantitative estimate of drug-likeness (QED) is 0.863. The summed E-state index contributed by atoms with van der Waals surface area (Å²) in [6, 6.07) is 4.36. The number of hydrogen-bond acceptors (Lipinski definition) is 3. The van der Waals surface area contributed by atoms with E-state index in [0.29, 0.717) is 6.04 Å². The Balaban J connectivity index is 1.98. The van der Waals surface area contributed by atoms with Gasteiger partial charge in [-0.3, -0.25) is 0 Å². The van der Waals surface area contributed by atoms with Crippen LogP contribution in [0.2, 0.25) is 0 Å². The highest BCUT2D eigenvalue weighted by molar-refractivity contribution is 5.64. The van der Waals surface area contributed by atoms with E-state index in [-0.39, 0.29) is 0 Å². The third-order valence-electron chi connectivity index (χ3n) is 3.57. The Hall–Kier alpha value is -1.71. The number of nitrogens with two attached hydrogens (primary N) is 1. The molecule has 90 valence electrons. The molecule has 4 heteroatoms. The number of rotatable bonds is 2. The van der Waals surface area contributed by atoms with Crippen LogP contribution in [-0.4, -0.2) is 9.78 Å². The summed E-state index contributed by atoms with van der Waals surface area (Å²) in [5.74, 6) is 1.65. The molecule has 1 aliphatic rings. The van der Waals surface area contributed by atoms with Crippen molar-refractivity contribution in [3.8, 4) is 11.3 Å². The predicted octanol–water partition coefficient (Wildman–Crippen LogP) is 3.15. The lowest BCUT2D eigenvalue weighted by Crippen LogP contribution is -2.09. The highest BCUT2D eigenvalue weighted by Gasteiger charge is 2.21. The second kappa shape index (κ2) is 3.95. The first kappa shape index (κ1) is 10.4. The van der Waals surface area contributed by atoms with Crippen molar-refractivity contribution in [2.75, 3.05) is 5.73 Å². The van der Waals surface area contributed by atoms with Crippen molar-refractivity contribution in [3.05, 3.63) is 24.2 Å². The molecule has 0 spiro atoms. The summed E-state index contributed by atoms with van der Waals surface area (Å²) in [6.07, 6.45) is 6.63. The summed E-state index contributed by atoms with van der Waals surface area (Å²) < 4.78 is 7.28. The third-order valence-corrected chi connectivity index (χ3v) is 3.57. The maximum absolute atomic E-state index is 6.05. The number of furan rings is 1. The Morgan fingerprint density at radius 2 is 2.18 bits per heavy atom. The zero-order valence-corrected chi connectivity index (χ0v) is 10.0. The molecular formula is C13H17N3O. The number of anilines is 1. The molecule has 0 saturated heterocycles. The van der Waals surface area contributed by atoms with Gasteiger partial charge < -0.3 is 10.2 Å². The fourth-order valence-electron chi connectivity index (χ4n) is 2.63. The van der Waals surface area contributed by atoms with Crippen molar-refractivity contribution in [1.82, 2.24) is 9.78 Å². The average Bonchev–Trinajstić information content (AvgIpc) is 2.97. The van der Waals surface area contributed by atoms with E-state index < -0.39 is 0 Å². The Morgan fingerprint density at radius 1 is 1.41 bits per heavy atom. The van der Waals surface area contributed by atoms with Crippen molar-refractivity contribution in [3.63, 3.8) is 0 Å². The molecule has 0 atom stereocenters. The molecule has 2 aromatic heterocycles. The summed E-state index contributed by atoms with van der Waals surface area (Å²) in [4.78, 5) is 0. The Bertz CT molecular complexity index is 521. The first-order valence-electron chi connectivity index (χ1n) is 6.15. The Labute approximate surface area is 100 Å². The summed E-state index contributed by atoms with van der Waals surface area (Å²) in [5, 5.41) is 4.63. The number of nitrogen functional groups attached to an aromatic ring is 1. The van der Waals surface area contributed by atoms with Crippen LogP contribution < -0.4 is 5.73 Å². The first-order chi connectivity index (χ1) is 8.25. The van der Waals surface area contributed by atoms with E-state index in [0.717, 1.165) is 22.8 Å². The first-order valence-corrected chi connectivity index (χ1v) is 6.15. The predicted molar refractivity (Wildman–Crippen MR) is 66.6 cm³/mol. The van der Waals surface area contributed by atoms with E-state index in [1.54, 1.807) is 6.26 Å². The molecule has 4 nitrogen and oxygen atoms in total. The van der Waals surface area contributed by atoms with Crippen LogP contribution >= 0.6 is 0 Å². The van der Waals surface area contributed by atoms with Gasteiger partial charge in [-0.25, -0.2) is 4.68 Å². The van der Waals surface area contributed by atoms with Gasteiger partial charge in [-0.15, -0.1) is 0 Å². The molecule has 0 radical (unpaired) electrons. The smallest absolute Gasteiger partial charge is 0.122 e. The molecule has 3 rings (SSSR count). The largest absolute Gasteiger partial charge is 0.469 e. The number of aromatic nitrogens is 2. The average molecular weight is 231 g/mol. The Morgan fingerprint density at radius 3 is 2.82 bits per heavy atom. The second-order valence-corrected chi connectivity index (χ2v) is 4.73. The van der Waals surface area contributed by atoms with Gasteiger partial charge in [-0.2, -0.15) is 5.10 Å². The molecule has 2 heterocycles. The minimum absolute atomic E-state index is 0.482. The van der Waals surface area contributed by atoms with Gasteiger partial charge in [0.25, 0.3) is 0 Å². The summed E-state index contributed by atoms with van der Waals surface area (Å²) >= 11 is 0. The summed E-state index contributed by atoms with van der Waals surface area (Å²) in [7, 11) is 0. The fraction of sp³-hybridized carbons (Fsp3) is 0.462. The maximum atomic E-state index is 6.05. The van der Waals surface area contributed by atoms with Crippen LogP contribution in [0.1, 0.15) is 37.5 Å². The van der Waals surface area contributed by atoms with Crippen LogP contribution in [0.25, 0.3) is 11.3 Å². The number of nitrogens with zero attached hydrogens (tertiary/aromatic N) is 2. The zero-order chi connectivity index (χ0) is 11.8. The van der Waals surface area contributed by atoms with Gasteiger partial charge in [-0.05, 0) is 25.8 Å². The second-order valence-electron chi connectivity index (χ2n) is 4.73. The molecule has 0 unspecified atom stereocenters. The molecule has 17 heavy (non-hydrogen) atoms. The van der Waals surface area contributed by atoms with E-state index in [1.807, 2.05) is 23.7 Å². The topological polar surface area (TPSA) is 57.0 Å². The lowest BCUT2D eigenvalue weighted by atomic mass is 10.2. The summed E-state index contributed by atoms with van der Waals surface area (Å²) in [6.45, 7) is 1.94. The van der Waals surface area contributed by atoms with Crippen molar-refractivity contribution in [2.24, 2.45) is 0 Å². The van der Waals surface area contributed by atoms with Gasteiger partial charge in [0.05, 0.1) is 18.0 Å². The molecule has 0 aromatic carbocycles. The third kappa shape index (κ3) is 1.73. The fourth-order valence-corrected chi connectivity index (χ4v) is 2.63. The maximum Gasteiger partial charge on any atom is 0.122 e. The van der Waals surface area contributed by atoms with Gasteiger partial charge in [-0.1, -0.05) is 12.8 Å². The van der Waals surface area contributed by atoms with Gasteiger partial charge in [0.1, 0.15) is 11.6 Å². The van der Waals surface area contributed by atoms with Crippen LogP contribution in [0.15, 0.2) is 22.8 Å². The normalized spacial score (nSPS) is 16.8. The van der Waals surface area contributed by atoms with Crippen molar-refractivity contribution in [2.45, 2.75) is 38.6 Å². The molecule has 1 aliphatic carbocycles. The van der Waals surface area contributed by atoms with Crippen LogP contribution in [0, 0.1) is 6.92 Å². The van der Waals surface area contributed by atoms with E-state index in [2.05, 4.69) is 5.10 Å². The molecule has 0 amide bonds. The lowest BCUT2D eigenvalue weighted by Gasteiger charge is -2.11. The van der Waals surface area contributed by atoms with Gasteiger partial charge >= 0.3 is 0 Å². The zero-order valence-electron chi connectivity index (χ0n) is 10.0. The minimum atomic E-state index is 0.482. The van der Waals surface area contributed by atoms with E-state index in [1.165, 1.54) is 25.7 Å². The molecule has 0 aliphatic heterocycles. The molecular weight excluding hydrogens is 214 g/mol. The van der Waals surface area contributed by atoms with E-state index in [9.17, 15) is 0 Å². The van der Waals surface area contributed by atoms with E-state index in [4.69, 9.17) is 10.2 Å². The number of aryl methyl sites for hydroxylation is 1. The highest BCUT2D eigenvalue weighted by atomic mass is 16.3. The van der Waals surface area contributed by atoms with Crippen LogP contribution in [-0.2, 0) is 0 Å². The van der Waals surface area contributed by atoms with E-state index >= 15 is 0 Å². The molecule has 0 bridgehead atoms. The van der Waals surface area contributed by atoms with Crippen molar-refractivity contribution >= 4 is 5.82 Å². The van der Waals surface area contributed by atoms with Gasteiger partial charge in [0.15, 0.2) is 0 Å². The van der Waals surface area contributed by atoms with Crippen molar-refractivity contribution in [1.29, 1.82) is 0 Å². The molecule has 2 aromatic rings. The molecule has 1 fully saturated rings. The lowest BCUT2D eigenvalue weighted by molar-refractivity contribution is 0.474. The standard InChI is InChI=1S/C13H17N3O/c1-9-11(6-7-17-9)12-8-13(14)16(15-12)10-4-2-3-5-10/h6-8,10H,2-5,14H2,1H3. The monoisotopic (exact) mass is 231 g/mol. The number of hydrogen-bond donors (Lipinski definition) is 1. The van der Waals surface area contributed by atoms with Crippen LogP contribution in [0.3, 0.4) is 0 Å². The molecule has 1 saturated carbocycles. The van der Waals surface area contributed by atoms with Crippen molar-refractivity contribution < 1.29 is 4.42 Å². The molecule has 2 N–H and O–H groups in total. The minimum Gasteiger partial charge on any atom is -0.469 e. The SMILES string of the molecule is Cc1occc1-c1cc(N)n(C2CCCC2)n1. The van der Waals surface area contributed by atoms with Gasteiger partial charge in [0.2, 0.25) is 0 Å².